The summed E-state index contributed by atoms with van der Waals surface area (Å²) in [6.07, 6.45) is 1.79. The highest BCUT2D eigenvalue weighted by Crippen LogP contribution is 2.16. The van der Waals surface area contributed by atoms with Crippen molar-refractivity contribution in [3.05, 3.63) is 59.8 Å². The molecule has 30 heavy (non-hydrogen) atoms. The first-order valence-corrected chi connectivity index (χ1v) is 10.2. The van der Waals surface area contributed by atoms with E-state index < -0.39 is 0 Å². The number of carbonyl (C=O) groups is 2. The Bertz CT molecular complexity index is 847. The van der Waals surface area contributed by atoms with Gasteiger partial charge in [-0.1, -0.05) is 30.3 Å². The third kappa shape index (κ3) is 6.56. The van der Waals surface area contributed by atoms with E-state index >= 15 is 0 Å². The van der Waals surface area contributed by atoms with E-state index in [4.69, 9.17) is 9.47 Å². The second-order valence-electron chi connectivity index (χ2n) is 8.33. The molecule has 0 saturated carbocycles. The van der Waals surface area contributed by atoms with Gasteiger partial charge in [0.05, 0.1) is 23.8 Å². The summed E-state index contributed by atoms with van der Waals surface area (Å²) in [5.74, 6) is 0.238. The molecule has 1 N–H and O–H groups in total. The van der Waals surface area contributed by atoms with E-state index in [2.05, 4.69) is 10.3 Å². The van der Waals surface area contributed by atoms with Gasteiger partial charge >= 0.3 is 0 Å². The Labute approximate surface area is 177 Å². The maximum atomic E-state index is 12.5. The summed E-state index contributed by atoms with van der Waals surface area (Å²) in [6.45, 7) is 7.85. The third-order valence-electron chi connectivity index (χ3n) is 4.63. The number of nitrogens with one attached hydrogen (secondary N) is 1. The largest absolute Gasteiger partial charge is 0.475 e. The molecule has 160 valence electrons. The minimum atomic E-state index is -0.246. The number of benzene rings is 1. The molecule has 1 aromatic heterocycles. The van der Waals surface area contributed by atoms with E-state index in [9.17, 15) is 9.59 Å². The quantitative estimate of drug-likeness (QED) is 0.676. The fourth-order valence-electron chi connectivity index (χ4n) is 3.19. The number of hydrogen-bond donors (Lipinski definition) is 1. The lowest BCUT2D eigenvalue weighted by atomic mass is 10.2. The van der Waals surface area contributed by atoms with Crippen LogP contribution in [0.2, 0.25) is 0 Å². The number of pyridine rings is 1. The van der Waals surface area contributed by atoms with Gasteiger partial charge in [-0.15, -0.1) is 0 Å². The zero-order valence-electron chi connectivity index (χ0n) is 17.8. The first-order valence-electron chi connectivity index (χ1n) is 10.2. The van der Waals surface area contributed by atoms with Gasteiger partial charge in [-0.25, -0.2) is 4.98 Å². The molecule has 0 spiro atoms. The van der Waals surface area contributed by atoms with Crippen LogP contribution in [0.15, 0.2) is 48.7 Å². The van der Waals surface area contributed by atoms with Gasteiger partial charge in [0.25, 0.3) is 5.91 Å². The SMILES string of the molecule is CC(C)(C)OCCOc1ccc(C(=O)NC2CC(=O)N(Cc3ccccc3)C2)cn1. The number of aromatic nitrogens is 1. The monoisotopic (exact) mass is 411 g/mol. The lowest BCUT2D eigenvalue weighted by molar-refractivity contribution is -0.128. The molecule has 1 aromatic carbocycles. The molecule has 1 saturated heterocycles. The average Bonchev–Trinajstić information content (AvgIpc) is 3.04. The van der Waals surface area contributed by atoms with Crippen molar-refractivity contribution in [2.45, 2.75) is 45.4 Å². The number of nitrogens with zero attached hydrogens (tertiary/aromatic N) is 2. The van der Waals surface area contributed by atoms with E-state index in [1.807, 2.05) is 51.1 Å². The number of amides is 2. The molecule has 1 aliphatic heterocycles. The van der Waals surface area contributed by atoms with Crippen molar-refractivity contribution < 1.29 is 19.1 Å². The van der Waals surface area contributed by atoms with Gasteiger partial charge in [-0.3, -0.25) is 9.59 Å². The fourth-order valence-corrected chi connectivity index (χ4v) is 3.19. The molecular formula is C23H29N3O4. The molecule has 7 heteroatoms. The van der Waals surface area contributed by atoms with Crippen molar-refractivity contribution in [3.8, 4) is 5.88 Å². The lowest BCUT2D eigenvalue weighted by Crippen LogP contribution is -2.37. The van der Waals surface area contributed by atoms with Gasteiger partial charge in [-0.2, -0.15) is 0 Å². The van der Waals surface area contributed by atoms with Crippen LogP contribution in [0.1, 0.15) is 43.1 Å². The minimum Gasteiger partial charge on any atom is -0.475 e. The predicted octanol–water partition coefficient (Wildman–Crippen LogP) is 2.81. The maximum Gasteiger partial charge on any atom is 0.253 e. The molecule has 0 bridgehead atoms. The molecule has 0 radical (unpaired) electrons. The number of likely N-dealkylation sites (tertiary alicyclic amines) is 1. The Morgan fingerprint density at radius 3 is 2.60 bits per heavy atom. The van der Waals surface area contributed by atoms with Gasteiger partial charge < -0.3 is 19.7 Å². The number of rotatable bonds is 8. The van der Waals surface area contributed by atoms with Gasteiger partial charge in [0.15, 0.2) is 0 Å². The second kappa shape index (κ2) is 9.71. The third-order valence-corrected chi connectivity index (χ3v) is 4.63. The molecule has 7 nitrogen and oxygen atoms in total. The van der Waals surface area contributed by atoms with Crippen molar-refractivity contribution in [1.29, 1.82) is 0 Å². The van der Waals surface area contributed by atoms with Gasteiger partial charge in [0.1, 0.15) is 6.61 Å². The Hall–Kier alpha value is -2.93. The normalized spacial score (nSPS) is 16.6. The summed E-state index contributed by atoms with van der Waals surface area (Å²) in [4.78, 5) is 30.7. The number of hydrogen-bond acceptors (Lipinski definition) is 5. The molecule has 1 atom stereocenters. The van der Waals surface area contributed by atoms with Gasteiger partial charge in [0.2, 0.25) is 11.8 Å². The van der Waals surface area contributed by atoms with Crippen LogP contribution in [-0.4, -0.2) is 53.1 Å². The smallest absolute Gasteiger partial charge is 0.253 e. The highest BCUT2D eigenvalue weighted by atomic mass is 16.5. The molecular weight excluding hydrogens is 382 g/mol. The van der Waals surface area contributed by atoms with Crippen molar-refractivity contribution in [3.63, 3.8) is 0 Å². The van der Waals surface area contributed by atoms with E-state index in [-0.39, 0.29) is 23.5 Å². The predicted molar refractivity (Wildman–Crippen MR) is 113 cm³/mol. The van der Waals surface area contributed by atoms with E-state index in [1.165, 1.54) is 6.20 Å². The summed E-state index contributed by atoms with van der Waals surface area (Å²) >= 11 is 0. The number of carbonyl (C=O) groups excluding carboxylic acids is 2. The summed E-state index contributed by atoms with van der Waals surface area (Å²) < 4.78 is 11.1. The van der Waals surface area contributed by atoms with Crippen LogP contribution in [0, 0.1) is 0 Å². The first kappa shape index (κ1) is 21.8. The van der Waals surface area contributed by atoms with Crippen LogP contribution in [-0.2, 0) is 16.1 Å². The molecule has 2 amide bonds. The van der Waals surface area contributed by atoms with Gasteiger partial charge in [-0.05, 0) is 32.4 Å². The van der Waals surface area contributed by atoms with Crippen LogP contribution >= 0.6 is 0 Å². The van der Waals surface area contributed by atoms with Crippen LogP contribution in [0.3, 0.4) is 0 Å². The standard InChI is InChI=1S/C23H29N3O4/c1-23(2,3)30-12-11-29-20-10-9-18(14-24-20)22(28)25-19-13-21(27)26(16-19)15-17-7-5-4-6-8-17/h4-10,14,19H,11-13,15-16H2,1-3H3,(H,25,28). The topological polar surface area (TPSA) is 80.8 Å². The maximum absolute atomic E-state index is 12.5. The summed E-state index contributed by atoms with van der Waals surface area (Å²) in [5.41, 5.74) is 1.30. The molecule has 0 aliphatic carbocycles. The van der Waals surface area contributed by atoms with Crippen molar-refractivity contribution in [1.82, 2.24) is 15.2 Å². The zero-order valence-corrected chi connectivity index (χ0v) is 17.8. The highest BCUT2D eigenvalue weighted by molar-refractivity contribution is 5.94. The summed E-state index contributed by atoms with van der Waals surface area (Å²) in [5, 5.41) is 2.93. The van der Waals surface area contributed by atoms with E-state index in [0.29, 0.717) is 44.2 Å². The van der Waals surface area contributed by atoms with Gasteiger partial charge in [0, 0.05) is 31.8 Å². The minimum absolute atomic E-state index is 0.0449. The molecule has 2 heterocycles. The van der Waals surface area contributed by atoms with Crippen LogP contribution in [0.5, 0.6) is 5.88 Å². The van der Waals surface area contributed by atoms with Crippen LogP contribution < -0.4 is 10.1 Å². The van der Waals surface area contributed by atoms with Crippen molar-refractivity contribution >= 4 is 11.8 Å². The first-order chi connectivity index (χ1) is 14.3. The zero-order chi connectivity index (χ0) is 21.6. The number of ether oxygens (including phenoxy) is 2. The average molecular weight is 412 g/mol. The Morgan fingerprint density at radius 1 is 1.17 bits per heavy atom. The Balaban J connectivity index is 1.46. The molecule has 1 aliphatic rings. The van der Waals surface area contributed by atoms with Crippen molar-refractivity contribution in [2.75, 3.05) is 19.8 Å². The molecule has 1 fully saturated rings. The summed E-state index contributed by atoms with van der Waals surface area (Å²) in [6, 6.07) is 12.9. The molecule has 1 unspecified atom stereocenters. The van der Waals surface area contributed by atoms with Crippen LogP contribution in [0.4, 0.5) is 0 Å². The molecule has 3 rings (SSSR count). The summed E-state index contributed by atoms with van der Waals surface area (Å²) in [7, 11) is 0. The van der Waals surface area contributed by atoms with Crippen molar-refractivity contribution in [2.24, 2.45) is 0 Å². The molecule has 2 aromatic rings. The van der Waals surface area contributed by atoms with Crippen LogP contribution in [0.25, 0.3) is 0 Å². The lowest BCUT2D eigenvalue weighted by Gasteiger charge is -2.19. The fraction of sp³-hybridized carbons (Fsp3) is 0.435. The Morgan fingerprint density at radius 2 is 1.93 bits per heavy atom. The van der Waals surface area contributed by atoms with E-state index in [0.717, 1.165) is 5.56 Å². The highest BCUT2D eigenvalue weighted by Gasteiger charge is 2.30. The van der Waals surface area contributed by atoms with E-state index in [1.54, 1.807) is 17.0 Å². The second-order valence-corrected chi connectivity index (χ2v) is 8.33. The Kier molecular flexibility index (Phi) is 7.05.